The van der Waals surface area contributed by atoms with E-state index in [-0.39, 0.29) is 11.7 Å². The molecule has 1 amide bonds. The van der Waals surface area contributed by atoms with E-state index in [1.807, 2.05) is 0 Å². The second-order valence-corrected chi connectivity index (χ2v) is 3.30. The Bertz CT molecular complexity index is 249. The van der Waals surface area contributed by atoms with Crippen LogP contribution >= 0.6 is 0 Å². The molecule has 14 heavy (non-hydrogen) atoms. The van der Waals surface area contributed by atoms with Gasteiger partial charge in [-0.05, 0) is 6.92 Å². The van der Waals surface area contributed by atoms with Crippen molar-refractivity contribution in [2.45, 2.75) is 20.8 Å². The molecular formula is C9H15NO4. The number of rotatable bonds is 5. The highest BCUT2D eigenvalue weighted by Crippen LogP contribution is 2.11. The molecule has 0 saturated carbocycles. The van der Waals surface area contributed by atoms with Gasteiger partial charge < -0.3 is 10.4 Å². The lowest BCUT2D eigenvalue weighted by Crippen LogP contribution is -2.37. The van der Waals surface area contributed by atoms with Gasteiger partial charge in [0.05, 0.1) is 0 Å². The Balaban J connectivity index is 4.11. The van der Waals surface area contributed by atoms with Crippen LogP contribution in [-0.4, -0.2) is 29.3 Å². The first-order chi connectivity index (χ1) is 6.36. The zero-order valence-electron chi connectivity index (χ0n) is 8.53. The molecule has 0 aromatic carbocycles. The largest absolute Gasteiger partial charge is 0.480 e. The highest BCUT2D eigenvalue weighted by Gasteiger charge is 2.23. The molecule has 5 heteroatoms. The third-order valence-corrected chi connectivity index (χ3v) is 2.22. The van der Waals surface area contributed by atoms with Crippen molar-refractivity contribution >= 4 is 17.7 Å². The predicted octanol–water partition coefficient (Wildman–Crippen LogP) is 0.0484. The minimum absolute atomic E-state index is 0.0806. The number of carbonyl (C=O) groups excluding carboxylic acids is 2. The summed E-state index contributed by atoms with van der Waals surface area (Å²) in [5.41, 5.74) is 0. The van der Waals surface area contributed by atoms with E-state index in [1.54, 1.807) is 13.8 Å². The zero-order chi connectivity index (χ0) is 11.3. The molecule has 0 saturated heterocycles. The molecule has 5 nitrogen and oxygen atoms in total. The van der Waals surface area contributed by atoms with Gasteiger partial charge in [0.2, 0.25) is 5.91 Å². The molecule has 0 fully saturated rings. The maximum absolute atomic E-state index is 11.3. The van der Waals surface area contributed by atoms with Gasteiger partial charge in [0.25, 0.3) is 0 Å². The topological polar surface area (TPSA) is 83.5 Å². The number of nitrogens with one attached hydrogen (secondary N) is 1. The number of hydrogen-bond donors (Lipinski definition) is 2. The Morgan fingerprint density at radius 2 is 1.71 bits per heavy atom. The summed E-state index contributed by atoms with van der Waals surface area (Å²) in [5.74, 6) is -2.46. The van der Waals surface area contributed by atoms with Gasteiger partial charge in [0, 0.05) is 11.8 Å². The maximum atomic E-state index is 11.3. The molecule has 80 valence electrons. The number of carboxylic acids is 1. The Hall–Kier alpha value is -1.39. The Kier molecular flexibility index (Phi) is 4.83. The molecule has 0 aliphatic heterocycles. The van der Waals surface area contributed by atoms with Gasteiger partial charge in [-0.3, -0.25) is 14.4 Å². The van der Waals surface area contributed by atoms with Gasteiger partial charge in [-0.2, -0.15) is 0 Å². The third kappa shape index (κ3) is 4.02. The van der Waals surface area contributed by atoms with Crippen molar-refractivity contribution in [1.29, 1.82) is 0 Å². The van der Waals surface area contributed by atoms with Crippen LogP contribution in [0.5, 0.6) is 0 Å². The first kappa shape index (κ1) is 12.6. The van der Waals surface area contributed by atoms with Gasteiger partial charge in [-0.25, -0.2) is 0 Å². The van der Waals surface area contributed by atoms with Crippen molar-refractivity contribution < 1.29 is 19.5 Å². The monoisotopic (exact) mass is 201 g/mol. The summed E-state index contributed by atoms with van der Waals surface area (Å²) >= 11 is 0. The van der Waals surface area contributed by atoms with Crippen molar-refractivity contribution in [1.82, 2.24) is 5.32 Å². The number of carbonyl (C=O) groups is 3. The summed E-state index contributed by atoms with van der Waals surface area (Å²) in [4.78, 5) is 32.3. The summed E-state index contributed by atoms with van der Waals surface area (Å²) in [6, 6.07) is 0. The molecular weight excluding hydrogens is 186 g/mol. The summed E-state index contributed by atoms with van der Waals surface area (Å²) < 4.78 is 0. The van der Waals surface area contributed by atoms with Crippen LogP contribution in [0.3, 0.4) is 0 Å². The predicted molar refractivity (Wildman–Crippen MR) is 49.7 cm³/mol. The summed E-state index contributed by atoms with van der Waals surface area (Å²) in [7, 11) is 0. The standard InChI is InChI=1S/C9H15NO4/c1-5(7(3)11)6(2)9(14)10-4-8(12)13/h5-6H,4H2,1-3H3,(H,10,14)(H,12,13). The molecule has 2 unspecified atom stereocenters. The van der Waals surface area contributed by atoms with Gasteiger partial charge in [-0.1, -0.05) is 13.8 Å². The van der Waals surface area contributed by atoms with Crippen molar-refractivity contribution in [2.75, 3.05) is 6.54 Å². The van der Waals surface area contributed by atoms with E-state index < -0.39 is 24.3 Å². The first-order valence-corrected chi connectivity index (χ1v) is 4.36. The molecule has 0 aliphatic carbocycles. The number of carboxylic acid groups (broad SMARTS) is 1. The molecule has 0 radical (unpaired) electrons. The number of Topliss-reactive ketones (excluding diaryl/α,β-unsaturated/α-hetero) is 1. The molecule has 0 aromatic heterocycles. The first-order valence-electron chi connectivity index (χ1n) is 4.36. The van der Waals surface area contributed by atoms with Crippen LogP contribution in [0.15, 0.2) is 0 Å². The number of ketones is 1. The lowest BCUT2D eigenvalue weighted by Gasteiger charge is -2.15. The third-order valence-electron chi connectivity index (χ3n) is 2.22. The Morgan fingerprint density at radius 1 is 1.21 bits per heavy atom. The van der Waals surface area contributed by atoms with Gasteiger partial charge in [-0.15, -0.1) is 0 Å². The van der Waals surface area contributed by atoms with E-state index in [1.165, 1.54) is 6.92 Å². The maximum Gasteiger partial charge on any atom is 0.322 e. The zero-order valence-corrected chi connectivity index (χ0v) is 8.53. The van der Waals surface area contributed by atoms with Crippen molar-refractivity contribution in [2.24, 2.45) is 11.8 Å². The fraction of sp³-hybridized carbons (Fsp3) is 0.667. The van der Waals surface area contributed by atoms with E-state index in [2.05, 4.69) is 5.32 Å². The van der Waals surface area contributed by atoms with Gasteiger partial charge in [0.15, 0.2) is 0 Å². The van der Waals surface area contributed by atoms with E-state index in [0.717, 1.165) is 0 Å². The van der Waals surface area contributed by atoms with E-state index >= 15 is 0 Å². The normalized spacial score (nSPS) is 14.2. The van der Waals surface area contributed by atoms with Crippen molar-refractivity contribution in [3.63, 3.8) is 0 Å². The Morgan fingerprint density at radius 3 is 2.07 bits per heavy atom. The lowest BCUT2D eigenvalue weighted by molar-refractivity contribution is -0.139. The minimum atomic E-state index is -1.10. The number of aliphatic carboxylic acids is 1. The SMILES string of the molecule is CC(=O)C(C)C(C)C(=O)NCC(=O)O. The van der Waals surface area contributed by atoms with Crippen LogP contribution in [0.1, 0.15) is 20.8 Å². The highest BCUT2D eigenvalue weighted by molar-refractivity contribution is 5.88. The van der Waals surface area contributed by atoms with Gasteiger partial charge >= 0.3 is 5.97 Å². The Labute approximate surface area is 82.5 Å². The second kappa shape index (κ2) is 5.36. The molecule has 0 bridgehead atoms. The average Bonchev–Trinajstić information content (AvgIpc) is 2.11. The van der Waals surface area contributed by atoms with Crippen LogP contribution in [0.25, 0.3) is 0 Å². The van der Waals surface area contributed by atoms with Crippen LogP contribution in [0, 0.1) is 11.8 Å². The van der Waals surface area contributed by atoms with Crippen LogP contribution in [0.2, 0.25) is 0 Å². The van der Waals surface area contributed by atoms with Crippen LogP contribution in [0.4, 0.5) is 0 Å². The molecule has 2 N–H and O–H groups in total. The van der Waals surface area contributed by atoms with Crippen molar-refractivity contribution in [3.8, 4) is 0 Å². The fourth-order valence-corrected chi connectivity index (χ4v) is 0.903. The number of amides is 1. The summed E-state index contributed by atoms with van der Waals surface area (Å²) in [6.45, 7) is 4.25. The molecule has 0 spiro atoms. The molecule has 0 rings (SSSR count). The molecule has 2 atom stereocenters. The quantitative estimate of drug-likeness (QED) is 0.658. The van der Waals surface area contributed by atoms with Crippen molar-refractivity contribution in [3.05, 3.63) is 0 Å². The molecule has 0 heterocycles. The van der Waals surface area contributed by atoms with E-state index in [0.29, 0.717) is 0 Å². The van der Waals surface area contributed by atoms with Crippen LogP contribution < -0.4 is 5.32 Å². The van der Waals surface area contributed by atoms with E-state index in [9.17, 15) is 14.4 Å². The fourth-order valence-electron chi connectivity index (χ4n) is 0.903. The second-order valence-electron chi connectivity index (χ2n) is 3.30. The van der Waals surface area contributed by atoms with E-state index in [4.69, 9.17) is 5.11 Å². The molecule has 0 aromatic rings. The smallest absolute Gasteiger partial charge is 0.322 e. The minimum Gasteiger partial charge on any atom is -0.480 e. The summed E-state index contributed by atoms with van der Waals surface area (Å²) in [6.07, 6.45) is 0. The van der Waals surface area contributed by atoms with Crippen LogP contribution in [-0.2, 0) is 14.4 Å². The average molecular weight is 201 g/mol. The lowest BCUT2D eigenvalue weighted by atomic mass is 9.92. The summed E-state index contributed by atoms with van der Waals surface area (Å²) in [5, 5.41) is 10.5. The molecule has 0 aliphatic rings. The highest BCUT2D eigenvalue weighted by atomic mass is 16.4. The van der Waals surface area contributed by atoms with Gasteiger partial charge in [0.1, 0.15) is 12.3 Å². The number of hydrogen-bond acceptors (Lipinski definition) is 3.